The molecule has 0 saturated heterocycles. The molecular weight excluding hydrogens is 318 g/mol. The predicted octanol–water partition coefficient (Wildman–Crippen LogP) is 2.06. The van der Waals surface area contributed by atoms with Crippen LogP contribution in [0.4, 0.5) is 0 Å². The second-order valence-corrected chi connectivity index (χ2v) is 6.06. The Hall–Kier alpha value is -2.60. The molecule has 0 radical (unpaired) electrons. The smallest absolute Gasteiger partial charge is 0.287 e. The fourth-order valence-corrected chi connectivity index (χ4v) is 2.23. The van der Waals surface area contributed by atoms with Crippen LogP contribution in [0.15, 0.2) is 40.8 Å². The Morgan fingerprint density at radius 3 is 2.32 bits per heavy atom. The SMILES string of the molecule is CCc1ccc(C(=O)NCc2ccc(C(=O)NCCN(C)C)cc2)o1. The van der Waals surface area contributed by atoms with Gasteiger partial charge in [0.05, 0.1) is 0 Å². The van der Waals surface area contributed by atoms with E-state index in [-0.39, 0.29) is 11.8 Å². The van der Waals surface area contributed by atoms with Crippen molar-refractivity contribution in [1.82, 2.24) is 15.5 Å². The molecule has 0 aliphatic carbocycles. The van der Waals surface area contributed by atoms with E-state index in [0.29, 0.717) is 24.4 Å². The number of hydrogen-bond acceptors (Lipinski definition) is 4. The number of nitrogens with one attached hydrogen (secondary N) is 2. The lowest BCUT2D eigenvalue weighted by Crippen LogP contribution is -2.31. The Kier molecular flexibility index (Phi) is 6.77. The van der Waals surface area contributed by atoms with Gasteiger partial charge in [0.2, 0.25) is 0 Å². The van der Waals surface area contributed by atoms with Crippen molar-refractivity contribution in [2.75, 3.05) is 27.2 Å². The summed E-state index contributed by atoms with van der Waals surface area (Å²) in [6.45, 7) is 3.75. The fraction of sp³-hybridized carbons (Fsp3) is 0.368. The number of hydrogen-bond donors (Lipinski definition) is 2. The third-order valence-electron chi connectivity index (χ3n) is 3.75. The van der Waals surface area contributed by atoms with Crippen LogP contribution in [0.2, 0.25) is 0 Å². The monoisotopic (exact) mass is 343 g/mol. The molecule has 2 N–H and O–H groups in total. The molecule has 0 spiro atoms. The maximum absolute atomic E-state index is 12.0. The number of carbonyl (C=O) groups excluding carboxylic acids is 2. The quantitative estimate of drug-likeness (QED) is 0.769. The van der Waals surface area contributed by atoms with Gasteiger partial charge < -0.3 is 20.0 Å². The van der Waals surface area contributed by atoms with E-state index in [1.165, 1.54) is 0 Å². The number of benzene rings is 1. The maximum atomic E-state index is 12.0. The Morgan fingerprint density at radius 1 is 1.00 bits per heavy atom. The van der Waals surface area contributed by atoms with E-state index < -0.39 is 0 Å². The molecule has 134 valence electrons. The molecule has 6 heteroatoms. The van der Waals surface area contributed by atoms with Gasteiger partial charge in [-0.05, 0) is 43.9 Å². The third-order valence-corrected chi connectivity index (χ3v) is 3.75. The molecule has 2 amide bonds. The normalized spacial score (nSPS) is 10.7. The summed E-state index contributed by atoms with van der Waals surface area (Å²) in [4.78, 5) is 26.0. The summed E-state index contributed by atoms with van der Waals surface area (Å²) in [6, 6.07) is 10.7. The lowest BCUT2D eigenvalue weighted by Gasteiger charge is -2.10. The van der Waals surface area contributed by atoms with Gasteiger partial charge in [-0.3, -0.25) is 9.59 Å². The number of amides is 2. The zero-order valence-corrected chi connectivity index (χ0v) is 15.0. The summed E-state index contributed by atoms with van der Waals surface area (Å²) >= 11 is 0. The van der Waals surface area contributed by atoms with Gasteiger partial charge >= 0.3 is 0 Å². The summed E-state index contributed by atoms with van der Waals surface area (Å²) in [5, 5.41) is 5.68. The standard InChI is InChI=1S/C19H25N3O3/c1-4-16-9-10-17(25-16)19(24)21-13-14-5-7-15(8-6-14)18(23)20-11-12-22(2)3/h5-10H,4,11-13H2,1-3H3,(H,20,23)(H,21,24). The van der Waals surface area contributed by atoms with Crippen molar-refractivity contribution in [1.29, 1.82) is 0 Å². The van der Waals surface area contributed by atoms with Crippen molar-refractivity contribution in [2.45, 2.75) is 19.9 Å². The van der Waals surface area contributed by atoms with E-state index in [0.717, 1.165) is 24.3 Å². The molecule has 0 atom stereocenters. The first-order chi connectivity index (χ1) is 12.0. The van der Waals surface area contributed by atoms with Crippen LogP contribution in [0.1, 0.15) is 39.2 Å². The summed E-state index contributed by atoms with van der Waals surface area (Å²) in [5.41, 5.74) is 1.52. The Labute approximate surface area is 148 Å². The second kappa shape index (κ2) is 9.03. The van der Waals surface area contributed by atoms with Crippen molar-refractivity contribution in [3.63, 3.8) is 0 Å². The number of rotatable bonds is 8. The van der Waals surface area contributed by atoms with E-state index >= 15 is 0 Å². The first-order valence-electron chi connectivity index (χ1n) is 8.38. The molecule has 2 aromatic rings. The molecule has 2 rings (SSSR count). The molecule has 0 aliphatic rings. The molecular formula is C19H25N3O3. The average Bonchev–Trinajstić information content (AvgIpc) is 3.09. The van der Waals surface area contributed by atoms with Crippen LogP contribution in [-0.2, 0) is 13.0 Å². The Morgan fingerprint density at radius 2 is 1.72 bits per heavy atom. The van der Waals surface area contributed by atoms with Crippen molar-refractivity contribution in [3.05, 3.63) is 59.0 Å². The van der Waals surface area contributed by atoms with Crippen LogP contribution in [0.5, 0.6) is 0 Å². The summed E-state index contributed by atoms with van der Waals surface area (Å²) in [6.07, 6.45) is 0.755. The van der Waals surface area contributed by atoms with E-state index in [9.17, 15) is 9.59 Å². The maximum Gasteiger partial charge on any atom is 0.287 e. The average molecular weight is 343 g/mol. The summed E-state index contributed by atoms with van der Waals surface area (Å²) in [5.74, 6) is 0.758. The number of nitrogens with zero attached hydrogens (tertiary/aromatic N) is 1. The molecule has 0 saturated carbocycles. The fourth-order valence-electron chi connectivity index (χ4n) is 2.23. The minimum absolute atomic E-state index is 0.0971. The van der Waals surface area contributed by atoms with Gasteiger partial charge in [0.25, 0.3) is 11.8 Å². The van der Waals surface area contributed by atoms with Gasteiger partial charge in [-0.25, -0.2) is 0 Å². The van der Waals surface area contributed by atoms with Crippen molar-refractivity contribution in [2.24, 2.45) is 0 Å². The van der Waals surface area contributed by atoms with Gasteiger partial charge in [-0.15, -0.1) is 0 Å². The van der Waals surface area contributed by atoms with E-state index in [4.69, 9.17) is 4.42 Å². The second-order valence-electron chi connectivity index (χ2n) is 6.06. The summed E-state index contributed by atoms with van der Waals surface area (Å²) < 4.78 is 5.42. The number of aryl methyl sites for hydroxylation is 1. The van der Waals surface area contributed by atoms with Crippen LogP contribution in [0.3, 0.4) is 0 Å². The van der Waals surface area contributed by atoms with Gasteiger partial charge in [-0.2, -0.15) is 0 Å². The topological polar surface area (TPSA) is 74.6 Å². The van der Waals surface area contributed by atoms with Gasteiger partial charge in [-0.1, -0.05) is 19.1 Å². The lowest BCUT2D eigenvalue weighted by molar-refractivity contribution is 0.0919. The van der Waals surface area contributed by atoms with Crippen molar-refractivity contribution < 1.29 is 14.0 Å². The highest BCUT2D eigenvalue weighted by Crippen LogP contribution is 2.09. The van der Waals surface area contributed by atoms with Crippen molar-refractivity contribution >= 4 is 11.8 Å². The molecule has 1 aromatic carbocycles. The molecule has 0 fully saturated rings. The van der Waals surface area contributed by atoms with Gasteiger partial charge in [0.15, 0.2) is 5.76 Å². The van der Waals surface area contributed by atoms with Crippen LogP contribution < -0.4 is 10.6 Å². The molecule has 1 heterocycles. The lowest BCUT2D eigenvalue weighted by atomic mass is 10.1. The number of furan rings is 1. The van der Waals surface area contributed by atoms with E-state index in [1.54, 1.807) is 24.3 Å². The minimum Gasteiger partial charge on any atom is -0.456 e. The van der Waals surface area contributed by atoms with Crippen molar-refractivity contribution in [3.8, 4) is 0 Å². The molecule has 0 unspecified atom stereocenters. The number of carbonyl (C=O) groups is 2. The predicted molar refractivity (Wildman–Crippen MR) is 96.6 cm³/mol. The van der Waals surface area contributed by atoms with Crippen LogP contribution in [0.25, 0.3) is 0 Å². The highest BCUT2D eigenvalue weighted by atomic mass is 16.3. The molecule has 0 bridgehead atoms. The zero-order chi connectivity index (χ0) is 18.2. The minimum atomic E-state index is -0.245. The number of likely N-dealkylation sites (N-methyl/N-ethyl adjacent to an activating group) is 1. The Bertz CT molecular complexity index is 705. The molecule has 1 aromatic heterocycles. The van der Waals surface area contributed by atoms with Crippen LogP contribution in [0, 0.1) is 0 Å². The summed E-state index contributed by atoms with van der Waals surface area (Å²) in [7, 11) is 3.92. The third kappa shape index (κ3) is 5.76. The van der Waals surface area contributed by atoms with Gasteiger partial charge in [0, 0.05) is 31.6 Å². The van der Waals surface area contributed by atoms with E-state index in [2.05, 4.69) is 10.6 Å². The zero-order valence-electron chi connectivity index (χ0n) is 15.0. The first-order valence-corrected chi connectivity index (χ1v) is 8.38. The van der Waals surface area contributed by atoms with Crippen LogP contribution in [-0.4, -0.2) is 43.9 Å². The molecule has 25 heavy (non-hydrogen) atoms. The van der Waals surface area contributed by atoms with E-state index in [1.807, 2.05) is 38.1 Å². The van der Waals surface area contributed by atoms with Crippen LogP contribution >= 0.6 is 0 Å². The van der Waals surface area contributed by atoms with Gasteiger partial charge in [0.1, 0.15) is 5.76 Å². The largest absolute Gasteiger partial charge is 0.456 e. The Balaban J connectivity index is 1.83. The molecule has 0 aliphatic heterocycles. The highest BCUT2D eigenvalue weighted by molar-refractivity contribution is 5.94. The highest BCUT2D eigenvalue weighted by Gasteiger charge is 2.10. The molecule has 6 nitrogen and oxygen atoms in total. The first kappa shape index (κ1) is 18.7.